The molecule has 3 rings (SSSR count). The summed E-state index contributed by atoms with van der Waals surface area (Å²) in [7, 11) is -3.80. The maximum Gasteiger partial charge on any atom is 0.241 e. The number of carbonyl (C=O) groups is 1. The summed E-state index contributed by atoms with van der Waals surface area (Å²) in [5, 5.41) is 12.5. The van der Waals surface area contributed by atoms with Gasteiger partial charge >= 0.3 is 0 Å². The van der Waals surface area contributed by atoms with Gasteiger partial charge in [0.25, 0.3) is 0 Å². The predicted molar refractivity (Wildman–Crippen MR) is 120 cm³/mol. The molecule has 0 unspecified atom stereocenters. The number of halogens is 2. The number of sulfonamides is 1. The van der Waals surface area contributed by atoms with E-state index in [0.717, 1.165) is 11.0 Å². The Morgan fingerprint density at radius 3 is 2.39 bits per heavy atom. The van der Waals surface area contributed by atoms with Crippen molar-refractivity contribution in [3.05, 3.63) is 58.9 Å². The van der Waals surface area contributed by atoms with Crippen molar-refractivity contribution >= 4 is 33.2 Å². The maximum absolute atomic E-state index is 13.1. The molecule has 1 saturated carbocycles. The normalized spacial score (nSPS) is 21.7. The van der Waals surface area contributed by atoms with Crippen molar-refractivity contribution in [3.8, 4) is 0 Å². The lowest BCUT2D eigenvalue weighted by molar-refractivity contribution is -0.825. The van der Waals surface area contributed by atoms with Gasteiger partial charge in [0, 0.05) is 17.5 Å². The Labute approximate surface area is 197 Å². The highest BCUT2D eigenvalue weighted by molar-refractivity contribution is 7.89. The lowest BCUT2D eigenvalue weighted by Gasteiger charge is -2.37. The van der Waals surface area contributed by atoms with Gasteiger partial charge in [-0.3, -0.25) is 4.79 Å². The highest BCUT2D eigenvalue weighted by atomic mass is 35.5. The molecule has 0 spiro atoms. The molecule has 1 atom stereocenters. The molecule has 0 saturated heterocycles. The average Bonchev–Trinajstić information content (AvgIpc) is 2.76. The van der Waals surface area contributed by atoms with E-state index in [9.17, 15) is 22.8 Å². The van der Waals surface area contributed by atoms with Crippen LogP contribution in [-0.2, 0) is 14.8 Å². The zero-order valence-electron chi connectivity index (χ0n) is 18.4. The first-order valence-corrected chi connectivity index (χ1v) is 12.3. The Hall–Kier alpha value is -2.08. The van der Waals surface area contributed by atoms with Gasteiger partial charge in [0.1, 0.15) is 10.8 Å². The van der Waals surface area contributed by atoms with Gasteiger partial charge in [0.15, 0.2) is 5.69 Å². The first-order chi connectivity index (χ1) is 15.0. The smallest absolute Gasteiger partial charge is 0.241 e. The third-order valence-corrected chi connectivity index (χ3v) is 7.96. The van der Waals surface area contributed by atoms with E-state index in [1.165, 1.54) is 30.3 Å². The molecule has 0 aliphatic heterocycles. The Kier molecular flexibility index (Phi) is 8.97. The number of carbonyl (C=O) groups excluding carboxylic acids is 1. The summed E-state index contributed by atoms with van der Waals surface area (Å²) in [5.41, 5.74) is 1.18. The Morgan fingerprint density at radius 1 is 1.21 bits per heavy atom. The standard InChI is InChI=1S/C22H27ClFN3O4S.H2O/c1-14(15-3-5-16(24)6-4-15)25-21(28)22(2)11-9-17(10-12-22)27-32(30,31)18-7-8-19(23)20(13-18)26-29;/h3-8,13-14,17,26-27,29H,9-12H2,1-2H3,(H,25,28);1H2/t14-,17?,22?;/m1./s1. The second-order valence-electron chi connectivity index (χ2n) is 8.52. The first-order valence-electron chi connectivity index (χ1n) is 10.4. The lowest BCUT2D eigenvalue weighted by atomic mass is 9.73. The Bertz CT molecular complexity index is 1070. The Balaban J connectivity index is 0.00000385. The van der Waals surface area contributed by atoms with Crippen molar-refractivity contribution in [2.45, 2.75) is 56.5 Å². The fourth-order valence-electron chi connectivity index (χ4n) is 3.88. The van der Waals surface area contributed by atoms with Crippen molar-refractivity contribution in [1.82, 2.24) is 10.0 Å². The molecule has 0 aromatic heterocycles. The van der Waals surface area contributed by atoms with Gasteiger partial charge in [0.2, 0.25) is 15.9 Å². The van der Waals surface area contributed by atoms with E-state index in [0.29, 0.717) is 25.7 Å². The molecule has 11 heteroatoms. The van der Waals surface area contributed by atoms with Crippen molar-refractivity contribution < 1.29 is 33.8 Å². The summed E-state index contributed by atoms with van der Waals surface area (Å²) in [5.74, 6) is -0.430. The zero-order chi connectivity index (χ0) is 23.5. The number of hydrogen-bond donors (Lipinski definition) is 4. The van der Waals surface area contributed by atoms with E-state index >= 15 is 0 Å². The maximum atomic E-state index is 13.1. The molecule has 0 heterocycles. The molecule has 1 fully saturated rings. The van der Waals surface area contributed by atoms with Crippen LogP contribution in [0.1, 0.15) is 51.1 Å². The molecule has 2 aromatic rings. The van der Waals surface area contributed by atoms with Crippen LogP contribution in [0.5, 0.6) is 0 Å². The van der Waals surface area contributed by atoms with Gasteiger partial charge in [-0.05, 0) is 62.4 Å². The lowest BCUT2D eigenvalue weighted by Crippen LogP contribution is -2.73. The van der Waals surface area contributed by atoms with Gasteiger partial charge in [-0.15, -0.1) is 0 Å². The molecule has 2 aromatic carbocycles. The number of nitrogens with one attached hydrogen (secondary N) is 2. The van der Waals surface area contributed by atoms with Crippen LogP contribution in [0.3, 0.4) is 0 Å². The van der Waals surface area contributed by atoms with E-state index < -0.39 is 15.4 Å². The van der Waals surface area contributed by atoms with Crippen molar-refractivity contribution in [2.75, 3.05) is 0 Å². The summed E-state index contributed by atoms with van der Waals surface area (Å²) < 4.78 is 41.3. The van der Waals surface area contributed by atoms with Gasteiger partial charge in [-0.2, -0.15) is 5.48 Å². The fourth-order valence-corrected chi connectivity index (χ4v) is 5.39. The average molecular weight is 502 g/mol. The van der Waals surface area contributed by atoms with Crippen LogP contribution in [0.25, 0.3) is 0 Å². The van der Waals surface area contributed by atoms with E-state index in [-0.39, 0.29) is 44.9 Å². The largest absolute Gasteiger partial charge is 0.870 e. The third-order valence-electron chi connectivity index (χ3n) is 6.09. The third kappa shape index (κ3) is 6.50. The van der Waals surface area contributed by atoms with E-state index in [4.69, 9.17) is 11.6 Å². The van der Waals surface area contributed by atoms with E-state index in [1.54, 1.807) is 12.1 Å². The number of quaternary nitrogens is 1. The molecule has 8 nitrogen and oxygen atoms in total. The molecule has 182 valence electrons. The van der Waals surface area contributed by atoms with Crippen LogP contribution in [0.4, 0.5) is 10.1 Å². The summed E-state index contributed by atoms with van der Waals surface area (Å²) in [6.07, 6.45) is 2.08. The van der Waals surface area contributed by atoms with Crippen LogP contribution < -0.4 is 15.5 Å². The number of amides is 1. The van der Waals surface area contributed by atoms with Gasteiger partial charge in [0.05, 0.1) is 10.9 Å². The molecule has 0 radical (unpaired) electrons. The second-order valence-corrected chi connectivity index (χ2v) is 10.6. The van der Waals surface area contributed by atoms with Crippen molar-refractivity contribution in [3.63, 3.8) is 0 Å². The number of rotatable bonds is 7. The minimum absolute atomic E-state index is 0. The quantitative estimate of drug-likeness (QED) is 0.341. The highest BCUT2D eigenvalue weighted by Crippen LogP contribution is 2.37. The molecule has 1 aliphatic rings. The summed E-state index contributed by atoms with van der Waals surface area (Å²) >= 11 is 5.92. The molecule has 0 bridgehead atoms. The summed E-state index contributed by atoms with van der Waals surface area (Å²) in [4.78, 5) is 12.9. The Morgan fingerprint density at radius 2 is 1.82 bits per heavy atom. The molecular weight excluding hydrogens is 473 g/mol. The predicted octanol–water partition coefficient (Wildman–Crippen LogP) is 2.99. The highest BCUT2D eigenvalue weighted by Gasteiger charge is 2.39. The van der Waals surface area contributed by atoms with Crippen molar-refractivity contribution in [1.29, 1.82) is 0 Å². The minimum Gasteiger partial charge on any atom is -0.870 e. The van der Waals surface area contributed by atoms with E-state index in [2.05, 4.69) is 10.0 Å². The molecule has 33 heavy (non-hydrogen) atoms. The van der Waals surface area contributed by atoms with Gasteiger partial charge < -0.3 is 10.8 Å². The monoisotopic (exact) mass is 501 g/mol. The SMILES string of the molecule is C[C@@H](NC(=O)C1(C)CCC(NS(=O)(=O)c2ccc(Cl)c([NH2+]O)c2)CC1)c1ccc(F)cc1.[OH-]. The zero-order valence-corrected chi connectivity index (χ0v) is 20.0. The molecule has 6 N–H and O–H groups in total. The second kappa shape index (κ2) is 10.9. The first kappa shape index (κ1) is 27.2. The van der Waals surface area contributed by atoms with Crippen LogP contribution in [0.15, 0.2) is 47.4 Å². The number of benzene rings is 2. The molecule has 1 amide bonds. The van der Waals surface area contributed by atoms with Crippen LogP contribution in [-0.4, -0.2) is 31.1 Å². The van der Waals surface area contributed by atoms with Gasteiger partial charge in [-0.1, -0.05) is 30.7 Å². The number of hydrogen-bond acceptors (Lipinski definition) is 5. The summed E-state index contributed by atoms with van der Waals surface area (Å²) in [6, 6.07) is 9.56. The fraction of sp³-hybridized carbons (Fsp3) is 0.409. The van der Waals surface area contributed by atoms with Crippen LogP contribution >= 0.6 is 11.6 Å². The van der Waals surface area contributed by atoms with Crippen molar-refractivity contribution in [2.24, 2.45) is 5.41 Å². The van der Waals surface area contributed by atoms with Gasteiger partial charge in [-0.25, -0.2) is 22.7 Å². The summed E-state index contributed by atoms with van der Waals surface area (Å²) in [6.45, 7) is 3.73. The van der Waals surface area contributed by atoms with Crippen LogP contribution in [0.2, 0.25) is 5.02 Å². The molecule has 1 aliphatic carbocycles. The molecular formula is C22H29ClFN3O5S. The minimum atomic E-state index is -3.80. The van der Waals surface area contributed by atoms with Crippen LogP contribution in [0, 0.1) is 11.2 Å². The van der Waals surface area contributed by atoms with E-state index in [1.807, 2.05) is 13.8 Å². The topological polar surface area (TPSA) is 142 Å². The number of nitrogens with two attached hydrogens (primary N) is 1.